The quantitative estimate of drug-likeness (QED) is 0.908. The number of hydrogen-bond acceptors (Lipinski definition) is 3. The van der Waals surface area contributed by atoms with Crippen LogP contribution in [-0.2, 0) is 16.2 Å². The van der Waals surface area contributed by atoms with Gasteiger partial charge in [0.05, 0.1) is 11.3 Å². The number of nitrogens with zero attached hydrogens (tertiary/aromatic N) is 1. The van der Waals surface area contributed by atoms with Crippen LogP contribution in [0, 0.1) is 6.92 Å². The van der Waals surface area contributed by atoms with Crippen molar-refractivity contribution < 1.29 is 21.6 Å². The Morgan fingerprint density at radius 1 is 1.26 bits per heavy atom. The number of benzene rings is 1. The lowest BCUT2D eigenvalue weighted by molar-refractivity contribution is -0.137. The highest BCUT2D eigenvalue weighted by atomic mass is 32.2. The van der Waals surface area contributed by atoms with Crippen LogP contribution in [0.2, 0.25) is 0 Å². The van der Waals surface area contributed by atoms with Gasteiger partial charge in [0.15, 0.2) is 0 Å². The van der Waals surface area contributed by atoms with Crippen molar-refractivity contribution in [1.29, 1.82) is 0 Å². The molecule has 8 heteroatoms. The molecule has 0 radical (unpaired) electrons. The second kappa shape index (κ2) is 7.02. The number of nitrogens with one attached hydrogen (secondary N) is 1. The van der Waals surface area contributed by atoms with Crippen molar-refractivity contribution in [3.05, 3.63) is 41.0 Å². The third-order valence-electron chi connectivity index (χ3n) is 3.67. The van der Waals surface area contributed by atoms with Gasteiger partial charge in [0.1, 0.15) is 0 Å². The molecular weight excluding hydrogens is 329 g/mol. The highest BCUT2D eigenvalue weighted by Gasteiger charge is 2.30. The number of halogens is 3. The molecule has 1 aliphatic rings. The Hall–Kier alpha value is -1.38. The lowest BCUT2D eigenvalue weighted by Crippen LogP contribution is -2.46. The SMILES string of the molecule is Cc1cc(C(F)(F)F)ccc1C=CCS(=O)(=O)N1CCNCC1. The molecule has 128 valence electrons. The molecule has 1 fully saturated rings. The number of piperazine rings is 1. The standard InChI is InChI=1S/C15H19F3N2O2S/c1-12-11-14(15(16,17)18)5-4-13(12)3-2-10-23(21,22)20-8-6-19-7-9-20/h2-5,11,19H,6-10H2,1H3. The first-order valence-corrected chi connectivity index (χ1v) is 8.84. The average molecular weight is 348 g/mol. The third-order valence-corrected chi connectivity index (χ3v) is 5.44. The van der Waals surface area contributed by atoms with Gasteiger partial charge in [0.2, 0.25) is 10.0 Å². The van der Waals surface area contributed by atoms with Crippen LogP contribution in [0.3, 0.4) is 0 Å². The van der Waals surface area contributed by atoms with Crippen LogP contribution in [0.15, 0.2) is 24.3 Å². The van der Waals surface area contributed by atoms with Crippen LogP contribution in [-0.4, -0.2) is 44.7 Å². The maximum absolute atomic E-state index is 12.6. The first-order valence-electron chi connectivity index (χ1n) is 7.23. The van der Waals surface area contributed by atoms with Crippen molar-refractivity contribution in [1.82, 2.24) is 9.62 Å². The molecule has 0 bridgehead atoms. The fourth-order valence-corrected chi connectivity index (χ4v) is 3.65. The summed E-state index contributed by atoms with van der Waals surface area (Å²) in [5.41, 5.74) is 0.324. The Labute approximate surface area is 134 Å². The van der Waals surface area contributed by atoms with Gasteiger partial charge in [-0.2, -0.15) is 17.5 Å². The van der Waals surface area contributed by atoms with Crippen LogP contribution >= 0.6 is 0 Å². The Morgan fingerprint density at radius 2 is 1.91 bits per heavy atom. The number of sulfonamides is 1. The van der Waals surface area contributed by atoms with Gasteiger partial charge in [-0.15, -0.1) is 0 Å². The summed E-state index contributed by atoms with van der Waals surface area (Å²) in [7, 11) is -3.37. The summed E-state index contributed by atoms with van der Waals surface area (Å²) in [6.07, 6.45) is -1.35. The van der Waals surface area contributed by atoms with Crippen molar-refractivity contribution in [2.45, 2.75) is 13.1 Å². The molecule has 4 nitrogen and oxygen atoms in total. The predicted molar refractivity (Wildman–Crippen MR) is 83.4 cm³/mol. The molecular formula is C15H19F3N2O2S. The molecule has 0 unspecified atom stereocenters. The molecule has 1 aromatic rings. The highest BCUT2D eigenvalue weighted by Crippen LogP contribution is 2.30. The Balaban J connectivity index is 2.05. The van der Waals surface area contributed by atoms with Crippen LogP contribution in [0.25, 0.3) is 6.08 Å². The van der Waals surface area contributed by atoms with Gasteiger partial charge >= 0.3 is 6.18 Å². The normalized spacial score (nSPS) is 17.7. The monoisotopic (exact) mass is 348 g/mol. The predicted octanol–water partition coefficient (Wildman–Crippen LogP) is 2.26. The van der Waals surface area contributed by atoms with Gasteiger partial charge in [-0.1, -0.05) is 18.2 Å². The molecule has 0 spiro atoms. The number of hydrogen-bond donors (Lipinski definition) is 1. The Kier molecular flexibility index (Phi) is 5.49. The van der Waals surface area contributed by atoms with Crippen LogP contribution in [0.4, 0.5) is 13.2 Å². The summed E-state index contributed by atoms with van der Waals surface area (Å²) in [4.78, 5) is 0. The van der Waals surface area contributed by atoms with E-state index in [-0.39, 0.29) is 5.75 Å². The zero-order valence-corrected chi connectivity index (χ0v) is 13.5. The smallest absolute Gasteiger partial charge is 0.314 e. The zero-order chi connectivity index (χ0) is 17.1. The molecule has 1 heterocycles. The minimum Gasteiger partial charge on any atom is -0.314 e. The minimum absolute atomic E-state index is 0.159. The van der Waals surface area contributed by atoms with E-state index in [4.69, 9.17) is 0 Å². The summed E-state index contributed by atoms with van der Waals surface area (Å²) in [6.45, 7) is 3.70. The van der Waals surface area contributed by atoms with E-state index >= 15 is 0 Å². The first kappa shape index (κ1) is 18.0. The van der Waals surface area contributed by atoms with Crippen LogP contribution < -0.4 is 5.32 Å². The van der Waals surface area contributed by atoms with Crippen molar-refractivity contribution in [2.24, 2.45) is 0 Å². The minimum atomic E-state index is -4.38. The van der Waals surface area contributed by atoms with Crippen molar-refractivity contribution in [2.75, 3.05) is 31.9 Å². The molecule has 0 aromatic heterocycles. The van der Waals surface area contributed by atoms with Crippen molar-refractivity contribution in [3.63, 3.8) is 0 Å². The molecule has 1 saturated heterocycles. The summed E-state index contributed by atoms with van der Waals surface area (Å²) >= 11 is 0. The van der Waals surface area contributed by atoms with Gasteiger partial charge in [0, 0.05) is 26.2 Å². The fraction of sp³-hybridized carbons (Fsp3) is 0.467. The van der Waals surface area contributed by atoms with E-state index < -0.39 is 21.8 Å². The molecule has 2 rings (SSSR count). The third kappa shape index (κ3) is 4.79. The second-order valence-electron chi connectivity index (χ2n) is 5.40. The molecule has 1 aliphatic heterocycles. The Morgan fingerprint density at radius 3 is 2.48 bits per heavy atom. The second-order valence-corrected chi connectivity index (χ2v) is 7.41. The average Bonchev–Trinajstić information content (AvgIpc) is 2.48. The van der Waals surface area contributed by atoms with Gasteiger partial charge in [-0.25, -0.2) is 8.42 Å². The van der Waals surface area contributed by atoms with E-state index in [1.165, 1.54) is 16.4 Å². The maximum atomic E-state index is 12.6. The fourth-order valence-electron chi connectivity index (χ4n) is 2.36. The lowest BCUT2D eigenvalue weighted by atomic mass is 10.0. The van der Waals surface area contributed by atoms with Gasteiger partial charge < -0.3 is 5.32 Å². The number of alkyl halides is 3. The zero-order valence-electron chi connectivity index (χ0n) is 12.7. The summed E-state index contributed by atoms with van der Waals surface area (Å²) in [5.74, 6) is -0.159. The molecule has 1 N–H and O–H groups in total. The maximum Gasteiger partial charge on any atom is 0.416 e. The van der Waals surface area contributed by atoms with E-state index in [2.05, 4.69) is 5.32 Å². The van der Waals surface area contributed by atoms with Gasteiger partial charge in [-0.05, 0) is 30.2 Å². The summed E-state index contributed by atoms with van der Waals surface area (Å²) < 4.78 is 63.5. The van der Waals surface area contributed by atoms with E-state index in [9.17, 15) is 21.6 Å². The molecule has 1 aromatic carbocycles. The van der Waals surface area contributed by atoms with Crippen LogP contribution in [0.5, 0.6) is 0 Å². The molecule has 0 atom stereocenters. The molecule has 23 heavy (non-hydrogen) atoms. The molecule has 0 aliphatic carbocycles. The van der Waals surface area contributed by atoms with Crippen LogP contribution in [0.1, 0.15) is 16.7 Å². The molecule has 0 amide bonds. The van der Waals surface area contributed by atoms with Gasteiger partial charge in [-0.3, -0.25) is 0 Å². The van der Waals surface area contributed by atoms with E-state index in [1.807, 2.05) is 0 Å². The van der Waals surface area contributed by atoms with E-state index in [0.29, 0.717) is 37.3 Å². The molecule has 0 saturated carbocycles. The number of rotatable bonds is 4. The number of aryl methyl sites for hydroxylation is 1. The summed E-state index contributed by atoms with van der Waals surface area (Å²) in [5, 5.41) is 3.08. The van der Waals surface area contributed by atoms with Gasteiger partial charge in [0.25, 0.3) is 0 Å². The van der Waals surface area contributed by atoms with Crippen molar-refractivity contribution >= 4 is 16.1 Å². The summed E-state index contributed by atoms with van der Waals surface area (Å²) in [6, 6.07) is 3.41. The first-order chi connectivity index (χ1) is 10.7. The topological polar surface area (TPSA) is 49.4 Å². The lowest BCUT2D eigenvalue weighted by Gasteiger charge is -2.26. The Bertz CT molecular complexity index is 678. The largest absolute Gasteiger partial charge is 0.416 e. The van der Waals surface area contributed by atoms with E-state index in [0.717, 1.165) is 12.1 Å². The highest BCUT2D eigenvalue weighted by molar-refractivity contribution is 7.89. The van der Waals surface area contributed by atoms with Crippen molar-refractivity contribution in [3.8, 4) is 0 Å². The van der Waals surface area contributed by atoms with E-state index in [1.54, 1.807) is 13.0 Å².